The molecule has 1 amide bonds. The van der Waals surface area contributed by atoms with Crippen LogP contribution < -0.4 is 0 Å². The molecule has 0 aromatic carbocycles. The van der Waals surface area contributed by atoms with Crippen molar-refractivity contribution in [3.63, 3.8) is 0 Å². The van der Waals surface area contributed by atoms with Crippen LogP contribution in [0, 0.1) is 5.41 Å². The molecule has 5 nitrogen and oxygen atoms in total. The number of aliphatic hydroxyl groups excluding tert-OH is 1. The van der Waals surface area contributed by atoms with Gasteiger partial charge in [0, 0.05) is 18.5 Å². The first-order valence-electron chi connectivity index (χ1n) is 7.36. The van der Waals surface area contributed by atoms with Gasteiger partial charge in [0.15, 0.2) is 0 Å². The van der Waals surface area contributed by atoms with Crippen LogP contribution in [0.3, 0.4) is 0 Å². The summed E-state index contributed by atoms with van der Waals surface area (Å²) in [4.78, 5) is 13.8. The van der Waals surface area contributed by atoms with Gasteiger partial charge in [-0.3, -0.25) is 0 Å². The van der Waals surface area contributed by atoms with E-state index < -0.39 is 17.3 Å². The van der Waals surface area contributed by atoms with Gasteiger partial charge in [0.1, 0.15) is 5.60 Å². The Balaban J connectivity index is 1.95. The van der Waals surface area contributed by atoms with Crippen molar-refractivity contribution in [2.75, 3.05) is 19.7 Å². The van der Waals surface area contributed by atoms with Crippen LogP contribution in [0.1, 0.15) is 47.5 Å². The summed E-state index contributed by atoms with van der Waals surface area (Å²) in [6, 6.07) is 0. The third-order valence-electron chi connectivity index (χ3n) is 4.38. The Hall–Kier alpha value is -0.810. The molecule has 0 radical (unpaired) electrons. The van der Waals surface area contributed by atoms with Crippen LogP contribution in [-0.4, -0.2) is 53.1 Å². The lowest BCUT2D eigenvalue weighted by atomic mass is 9.72. The molecule has 0 aromatic heterocycles. The summed E-state index contributed by atoms with van der Waals surface area (Å²) >= 11 is 0. The highest BCUT2D eigenvalue weighted by Crippen LogP contribution is 2.46. The van der Waals surface area contributed by atoms with Gasteiger partial charge in [0.25, 0.3) is 0 Å². The minimum absolute atomic E-state index is 0.206. The highest BCUT2D eigenvalue weighted by Gasteiger charge is 2.54. The molecule has 2 fully saturated rings. The van der Waals surface area contributed by atoms with Gasteiger partial charge in [-0.25, -0.2) is 4.79 Å². The maximum atomic E-state index is 12.0. The molecule has 1 N–H and O–H groups in total. The molecule has 0 aliphatic carbocycles. The number of ether oxygens (including phenoxy) is 2. The summed E-state index contributed by atoms with van der Waals surface area (Å²) in [5.41, 5.74) is -1.17. The van der Waals surface area contributed by atoms with E-state index in [0.29, 0.717) is 19.7 Å². The van der Waals surface area contributed by atoms with Crippen LogP contribution in [-0.2, 0) is 9.47 Å². The molecule has 0 saturated carbocycles. The van der Waals surface area contributed by atoms with Crippen molar-refractivity contribution in [2.45, 2.75) is 64.8 Å². The third kappa shape index (κ3) is 2.93. The predicted octanol–water partition coefficient (Wildman–Crippen LogP) is 2.17. The smallest absolute Gasteiger partial charge is 0.410 e. The fourth-order valence-electron chi connectivity index (χ4n) is 3.10. The van der Waals surface area contributed by atoms with Gasteiger partial charge in [-0.2, -0.15) is 0 Å². The van der Waals surface area contributed by atoms with E-state index in [-0.39, 0.29) is 11.5 Å². The molecule has 2 heterocycles. The first kappa shape index (κ1) is 15.6. The molecule has 116 valence electrons. The Bertz CT molecular complexity index is 378. The lowest BCUT2D eigenvalue weighted by molar-refractivity contribution is -0.0475. The summed E-state index contributed by atoms with van der Waals surface area (Å²) in [5.74, 6) is 0. The number of aliphatic hydroxyl groups is 1. The van der Waals surface area contributed by atoms with Crippen LogP contribution in [0.2, 0.25) is 0 Å². The minimum atomic E-state index is -0.492. The maximum Gasteiger partial charge on any atom is 0.410 e. The van der Waals surface area contributed by atoms with Gasteiger partial charge in [-0.05, 0) is 47.5 Å². The molecular weight excluding hydrogens is 258 g/mol. The number of carbonyl (C=O) groups excluding carboxylic acids is 1. The minimum Gasteiger partial charge on any atom is -0.444 e. The SMILES string of the molecule is CC(C)(C)OC(=O)N1CCC2(CC1)COC(C)(C)C2O. The van der Waals surface area contributed by atoms with E-state index in [1.54, 1.807) is 4.90 Å². The van der Waals surface area contributed by atoms with Crippen molar-refractivity contribution in [1.29, 1.82) is 0 Å². The summed E-state index contributed by atoms with van der Waals surface area (Å²) in [7, 11) is 0. The largest absolute Gasteiger partial charge is 0.444 e. The van der Waals surface area contributed by atoms with Crippen LogP contribution >= 0.6 is 0 Å². The second kappa shape index (κ2) is 4.88. The molecule has 2 saturated heterocycles. The molecule has 5 heteroatoms. The number of carbonyl (C=O) groups is 1. The van der Waals surface area contributed by atoms with E-state index in [9.17, 15) is 9.90 Å². The molecule has 1 atom stereocenters. The van der Waals surface area contributed by atoms with E-state index in [2.05, 4.69) is 0 Å². The van der Waals surface area contributed by atoms with Crippen LogP contribution in [0.4, 0.5) is 4.79 Å². The Kier molecular flexibility index (Phi) is 3.80. The molecule has 1 unspecified atom stereocenters. The third-order valence-corrected chi connectivity index (χ3v) is 4.38. The Morgan fingerprint density at radius 2 is 1.85 bits per heavy atom. The summed E-state index contributed by atoms with van der Waals surface area (Å²) < 4.78 is 11.1. The average Bonchev–Trinajstić information content (AvgIpc) is 2.53. The van der Waals surface area contributed by atoms with Crippen molar-refractivity contribution in [1.82, 2.24) is 4.90 Å². The molecule has 1 spiro atoms. The Labute approximate surface area is 121 Å². The molecule has 2 rings (SSSR count). The maximum absolute atomic E-state index is 12.0. The monoisotopic (exact) mass is 285 g/mol. The molecule has 2 aliphatic rings. The van der Waals surface area contributed by atoms with Crippen molar-refractivity contribution < 1.29 is 19.4 Å². The fraction of sp³-hybridized carbons (Fsp3) is 0.933. The van der Waals surface area contributed by atoms with Crippen LogP contribution in [0.15, 0.2) is 0 Å². The standard InChI is InChI=1S/C15H27NO4/c1-13(2,3)20-12(18)16-8-6-15(7-9-16)10-19-14(4,5)11(15)17/h11,17H,6-10H2,1-5H3. The average molecular weight is 285 g/mol. The van der Waals surface area contributed by atoms with E-state index in [1.165, 1.54) is 0 Å². The quantitative estimate of drug-likeness (QED) is 0.741. The second-order valence-corrected chi connectivity index (χ2v) is 7.62. The molecular formula is C15H27NO4. The zero-order valence-electron chi connectivity index (χ0n) is 13.2. The number of rotatable bonds is 0. The molecule has 20 heavy (non-hydrogen) atoms. The van der Waals surface area contributed by atoms with Gasteiger partial charge in [-0.15, -0.1) is 0 Å². The second-order valence-electron chi connectivity index (χ2n) is 7.62. The molecule has 0 aromatic rings. The highest BCUT2D eigenvalue weighted by atomic mass is 16.6. The number of piperidine rings is 1. The van der Waals surface area contributed by atoms with Crippen molar-refractivity contribution in [2.24, 2.45) is 5.41 Å². The first-order valence-corrected chi connectivity index (χ1v) is 7.36. The highest BCUT2D eigenvalue weighted by molar-refractivity contribution is 5.68. The van der Waals surface area contributed by atoms with Crippen LogP contribution in [0.5, 0.6) is 0 Å². The van der Waals surface area contributed by atoms with Crippen molar-refractivity contribution in [3.05, 3.63) is 0 Å². The van der Waals surface area contributed by atoms with Gasteiger partial charge in [0.05, 0.1) is 18.3 Å². The van der Waals surface area contributed by atoms with Crippen molar-refractivity contribution >= 4 is 6.09 Å². The van der Waals surface area contributed by atoms with E-state index >= 15 is 0 Å². The van der Waals surface area contributed by atoms with Gasteiger partial charge in [-0.1, -0.05) is 0 Å². The number of hydrogen-bond acceptors (Lipinski definition) is 4. The first-order chi connectivity index (χ1) is 9.06. The van der Waals surface area contributed by atoms with Crippen molar-refractivity contribution in [3.8, 4) is 0 Å². The zero-order valence-corrected chi connectivity index (χ0v) is 13.2. The van der Waals surface area contributed by atoms with E-state index in [4.69, 9.17) is 9.47 Å². The topological polar surface area (TPSA) is 59.0 Å². The molecule has 0 bridgehead atoms. The number of amides is 1. The van der Waals surface area contributed by atoms with E-state index in [0.717, 1.165) is 12.8 Å². The zero-order chi connectivity index (χ0) is 15.2. The van der Waals surface area contributed by atoms with Crippen LogP contribution in [0.25, 0.3) is 0 Å². The number of likely N-dealkylation sites (tertiary alicyclic amines) is 1. The number of hydrogen-bond donors (Lipinski definition) is 1. The van der Waals surface area contributed by atoms with Gasteiger partial charge in [0.2, 0.25) is 0 Å². The number of nitrogens with zero attached hydrogens (tertiary/aromatic N) is 1. The normalized spacial score (nSPS) is 28.7. The Morgan fingerprint density at radius 1 is 1.30 bits per heavy atom. The molecule has 2 aliphatic heterocycles. The predicted molar refractivity (Wildman–Crippen MR) is 75.5 cm³/mol. The van der Waals surface area contributed by atoms with E-state index in [1.807, 2.05) is 34.6 Å². The lowest BCUT2D eigenvalue weighted by Crippen LogP contribution is -2.51. The fourth-order valence-corrected chi connectivity index (χ4v) is 3.10. The summed E-state index contributed by atoms with van der Waals surface area (Å²) in [6.07, 6.45) is 0.782. The lowest BCUT2D eigenvalue weighted by Gasteiger charge is -2.41. The summed E-state index contributed by atoms with van der Waals surface area (Å²) in [5, 5.41) is 10.5. The van der Waals surface area contributed by atoms with Gasteiger partial charge >= 0.3 is 6.09 Å². The Morgan fingerprint density at radius 3 is 2.25 bits per heavy atom. The van der Waals surface area contributed by atoms with Gasteiger partial charge < -0.3 is 19.5 Å². The summed E-state index contributed by atoms with van der Waals surface area (Å²) in [6.45, 7) is 11.3.